The molecule has 170 valence electrons. The highest BCUT2D eigenvalue weighted by Crippen LogP contribution is 2.44. The summed E-state index contributed by atoms with van der Waals surface area (Å²) in [6.07, 6.45) is 2.20. The van der Waals surface area contributed by atoms with Crippen LogP contribution in [0.15, 0.2) is 33.7 Å². The first-order chi connectivity index (χ1) is 15.3. The molecule has 11 heteroatoms. The van der Waals surface area contributed by atoms with Gasteiger partial charge in [-0.25, -0.2) is 17.8 Å². The Morgan fingerprint density at radius 3 is 2.47 bits per heavy atom. The fourth-order valence-electron chi connectivity index (χ4n) is 4.62. The van der Waals surface area contributed by atoms with Gasteiger partial charge in [0.1, 0.15) is 22.2 Å². The van der Waals surface area contributed by atoms with Gasteiger partial charge >= 0.3 is 0 Å². The summed E-state index contributed by atoms with van der Waals surface area (Å²) in [6.45, 7) is 5.99. The van der Waals surface area contributed by atoms with Gasteiger partial charge in [-0.05, 0) is 44.4 Å². The number of halogens is 1. The molecule has 1 aromatic carbocycles. The minimum absolute atomic E-state index is 0.119. The zero-order valence-corrected chi connectivity index (χ0v) is 19.5. The molecule has 5 rings (SSSR count). The minimum atomic E-state index is -3.59. The van der Waals surface area contributed by atoms with Crippen LogP contribution in [-0.4, -0.2) is 53.4 Å². The number of hydrogen-bond donors (Lipinski definition) is 0. The van der Waals surface area contributed by atoms with Crippen molar-refractivity contribution in [2.75, 3.05) is 31.1 Å². The third kappa shape index (κ3) is 3.82. The van der Waals surface area contributed by atoms with E-state index in [0.717, 1.165) is 42.5 Å². The SMILES string of the molecule is Cc1noc(C)c1S(=O)(=O)N1CCC2(CC1)CN(c1nc(Cc3ccc(F)cc3)ns1)C2. The Morgan fingerprint density at radius 1 is 1.16 bits per heavy atom. The van der Waals surface area contributed by atoms with Crippen molar-refractivity contribution in [3.05, 3.63) is 52.9 Å². The van der Waals surface area contributed by atoms with E-state index in [1.165, 1.54) is 23.7 Å². The van der Waals surface area contributed by atoms with Crippen LogP contribution in [-0.2, 0) is 16.4 Å². The van der Waals surface area contributed by atoms with Gasteiger partial charge in [-0.1, -0.05) is 17.3 Å². The second-order valence-corrected chi connectivity index (χ2v) is 11.3. The molecule has 2 aromatic heterocycles. The van der Waals surface area contributed by atoms with Crippen molar-refractivity contribution in [1.82, 2.24) is 18.8 Å². The summed E-state index contributed by atoms with van der Waals surface area (Å²) >= 11 is 1.38. The zero-order chi connectivity index (χ0) is 22.5. The van der Waals surface area contributed by atoms with E-state index < -0.39 is 10.0 Å². The lowest BCUT2D eigenvalue weighted by molar-refractivity contribution is 0.114. The maximum absolute atomic E-state index is 13.1. The maximum Gasteiger partial charge on any atom is 0.248 e. The quantitative estimate of drug-likeness (QED) is 0.557. The van der Waals surface area contributed by atoms with E-state index in [4.69, 9.17) is 4.52 Å². The number of benzene rings is 1. The van der Waals surface area contributed by atoms with Gasteiger partial charge in [0.15, 0.2) is 5.76 Å². The van der Waals surface area contributed by atoms with Crippen molar-refractivity contribution in [2.45, 2.75) is 38.0 Å². The number of aryl methyl sites for hydroxylation is 2. The molecule has 2 saturated heterocycles. The molecule has 2 fully saturated rings. The Morgan fingerprint density at radius 2 is 1.84 bits per heavy atom. The number of sulfonamides is 1. The third-order valence-corrected chi connectivity index (χ3v) is 9.36. The number of aromatic nitrogens is 3. The highest BCUT2D eigenvalue weighted by molar-refractivity contribution is 7.89. The Balaban J connectivity index is 1.19. The van der Waals surface area contributed by atoms with Crippen molar-refractivity contribution < 1.29 is 17.3 Å². The van der Waals surface area contributed by atoms with Crippen molar-refractivity contribution in [3.8, 4) is 0 Å². The predicted octanol–water partition coefficient (Wildman–Crippen LogP) is 3.16. The number of hydrogen-bond acceptors (Lipinski definition) is 8. The van der Waals surface area contributed by atoms with Crippen LogP contribution in [0.4, 0.5) is 9.52 Å². The molecule has 0 saturated carbocycles. The van der Waals surface area contributed by atoms with Crippen LogP contribution >= 0.6 is 11.5 Å². The standard InChI is InChI=1S/C21H24FN5O3S2/c1-14-19(15(2)30-24-14)32(28,29)27-9-7-21(8-10-27)12-26(13-21)20-23-18(25-31-20)11-16-3-5-17(22)6-4-16/h3-6H,7-13H2,1-2H3. The van der Waals surface area contributed by atoms with Crippen LogP contribution in [0.1, 0.15) is 35.7 Å². The monoisotopic (exact) mass is 477 g/mol. The summed E-state index contributed by atoms with van der Waals surface area (Å²) in [5.41, 5.74) is 1.50. The van der Waals surface area contributed by atoms with Gasteiger partial charge in [-0.15, -0.1) is 0 Å². The van der Waals surface area contributed by atoms with Crippen LogP contribution in [0.5, 0.6) is 0 Å². The smallest absolute Gasteiger partial charge is 0.248 e. The molecule has 1 spiro atoms. The van der Waals surface area contributed by atoms with E-state index in [1.807, 2.05) is 0 Å². The number of anilines is 1. The van der Waals surface area contributed by atoms with Crippen LogP contribution in [0, 0.1) is 25.1 Å². The summed E-state index contributed by atoms with van der Waals surface area (Å²) in [5.74, 6) is 0.820. The Labute approximate surface area is 190 Å². The molecule has 0 atom stereocenters. The molecular weight excluding hydrogens is 453 g/mol. The summed E-state index contributed by atoms with van der Waals surface area (Å²) in [4.78, 5) is 7.06. The van der Waals surface area contributed by atoms with E-state index in [2.05, 4.69) is 19.4 Å². The second-order valence-electron chi connectivity index (χ2n) is 8.71. The highest BCUT2D eigenvalue weighted by Gasteiger charge is 2.48. The molecule has 0 bridgehead atoms. The number of piperidine rings is 1. The average molecular weight is 478 g/mol. The lowest BCUT2D eigenvalue weighted by Crippen LogP contribution is -2.61. The zero-order valence-electron chi connectivity index (χ0n) is 17.9. The molecule has 0 amide bonds. The minimum Gasteiger partial charge on any atom is -0.360 e. The predicted molar refractivity (Wildman–Crippen MR) is 118 cm³/mol. The van der Waals surface area contributed by atoms with Crippen LogP contribution in [0.25, 0.3) is 0 Å². The van der Waals surface area contributed by atoms with Gasteiger partial charge in [-0.2, -0.15) is 8.68 Å². The second kappa shape index (κ2) is 7.89. The van der Waals surface area contributed by atoms with Gasteiger partial charge in [0.2, 0.25) is 15.2 Å². The van der Waals surface area contributed by atoms with Gasteiger partial charge in [0.05, 0.1) is 0 Å². The van der Waals surface area contributed by atoms with E-state index in [9.17, 15) is 12.8 Å². The first-order valence-electron chi connectivity index (χ1n) is 10.5. The molecule has 4 heterocycles. The molecule has 2 aliphatic rings. The van der Waals surface area contributed by atoms with E-state index in [-0.39, 0.29) is 16.1 Å². The van der Waals surface area contributed by atoms with Crippen LogP contribution in [0.2, 0.25) is 0 Å². The fourth-order valence-corrected chi connectivity index (χ4v) is 7.03. The van der Waals surface area contributed by atoms with Gasteiger partial charge < -0.3 is 9.42 Å². The normalized spacial score (nSPS) is 18.8. The molecule has 0 radical (unpaired) electrons. The maximum atomic E-state index is 13.1. The summed E-state index contributed by atoms with van der Waals surface area (Å²) in [6, 6.07) is 6.39. The number of rotatable bonds is 5. The topological polar surface area (TPSA) is 92.4 Å². The van der Waals surface area contributed by atoms with Crippen molar-refractivity contribution in [1.29, 1.82) is 0 Å². The Kier molecular flexibility index (Phi) is 5.30. The van der Waals surface area contributed by atoms with Gasteiger partial charge in [-0.3, -0.25) is 0 Å². The van der Waals surface area contributed by atoms with Crippen molar-refractivity contribution in [2.24, 2.45) is 5.41 Å². The Hall–Kier alpha value is -2.37. The third-order valence-electron chi connectivity index (χ3n) is 6.40. The van der Waals surface area contributed by atoms with Gasteiger partial charge in [0.25, 0.3) is 0 Å². The number of nitrogens with zero attached hydrogens (tertiary/aromatic N) is 5. The van der Waals surface area contributed by atoms with Crippen LogP contribution < -0.4 is 4.90 Å². The first kappa shape index (κ1) is 21.5. The summed E-state index contributed by atoms with van der Waals surface area (Å²) in [5, 5.41) is 4.68. The van der Waals surface area contributed by atoms with E-state index >= 15 is 0 Å². The Bertz CT molecular complexity index is 1200. The average Bonchev–Trinajstić information content (AvgIpc) is 3.34. The lowest BCUT2D eigenvalue weighted by atomic mass is 9.73. The van der Waals surface area contributed by atoms with Gasteiger partial charge in [0, 0.05) is 49.5 Å². The largest absolute Gasteiger partial charge is 0.360 e. The summed E-state index contributed by atoms with van der Waals surface area (Å²) in [7, 11) is -3.59. The lowest BCUT2D eigenvalue weighted by Gasteiger charge is -2.53. The van der Waals surface area contributed by atoms with Crippen LogP contribution in [0.3, 0.4) is 0 Å². The molecule has 32 heavy (non-hydrogen) atoms. The van der Waals surface area contributed by atoms with Crippen molar-refractivity contribution >= 4 is 26.7 Å². The fraction of sp³-hybridized carbons (Fsp3) is 0.476. The van der Waals surface area contributed by atoms with E-state index in [1.54, 1.807) is 30.3 Å². The van der Waals surface area contributed by atoms with E-state index in [0.29, 0.717) is 31.0 Å². The molecule has 3 aromatic rings. The first-order valence-corrected chi connectivity index (χ1v) is 12.7. The van der Waals surface area contributed by atoms with Crippen molar-refractivity contribution in [3.63, 3.8) is 0 Å². The molecule has 0 N–H and O–H groups in total. The highest BCUT2D eigenvalue weighted by atomic mass is 32.2. The molecule has 0 aliphatic carbocycles. The molecule has 0 unspecified atom stereocenters. The molecular formula is C21H24FN5O3S2. The molecule has 8 nitrogen and oxygen atoms in total. The molecule has 2 aliphatic heterocycles. The summed E-state index contributed by atoms with van der Waals surface area (Å²) < 4.78 is 50.2.